The van der Waals surface area contributed by atoms with Gasteiger partial charge in [-0.05, 0) is 42.4 Å². The van der Waals surface area contributed by atoms with Crippen LogP contribution >= 0.6 is 0 Å². The van der Waals surface area contributed by atoms with Crippen molar-refractivity contribution in [2.75, 3.05) is 6.61 Å². The van der Waals surface area contributed by atoms with Crippen molar-refractivity contribution in [3.8, 4) is 11.1 Å². The molecule has 0 aliphatic rings. The van der Waals surface area contributed by atoms with Gasteiger partial charge in [-0.25, -0.2) is 0 Å². The van der Waals surface area contributed by atoms with Crippen LogP contribution in [-0.4, -0.2) is 40.3 Å². The van der Waals surface area contributed by atoms with Gasteiger partial charge in [-0.3, -0.25) is 19.1 Å². The number of hydrogen-bond acceptors (Lipinski definition) is 6. The number of hydrogen-bond donors (Lipinski definition) is 1. The molecule has 0 saturated carbocycles. The molecular weight excluding hydrogens is 470 g/mol. The molecule has 0 bridgehead atoms. The summed E-state index contributed by atoms with van der Waals surface area (Å²) in [6.45, 7) is 3.49. The molecule has 8 heteroatoms. The lowest BCUT2D eigenvalue weighted by Crippen LogP contribution is -2.34. The van der Waals surface area contributed by atoms with E-state index in [4.69, 9.17) is 15.2 Å². The van der Waals surface area contributed by atoms with E-state index in [1.54, 1.807) is 0 Å². The van der Waals surface area contributed by atoms with Crippen molar-refractivity contribution in [2.45, 2.75) is 58.6 Å². The van der Waals surface area contributed by atoms with Crippen LogP contribution in [0, 0.1) is 5.92 Å². The number of esters is 2. The Kier molecular flexibility index (Phi) is 10.4. The van der Waals surface area contributed by atoms with Crippen molar-refractivity contribution in [1.29, 1.82) is 0 Å². The molecule has 8 nitrogen and oxygen atoms in total. The maximum atomic E-state index is 11.6. The Morgan fingerprint density at radius 2 is 1.62 bits per heavy atom. The second-order valence-electron chi connectivity index (χ2n) is 9.20. The van der Waals surface area contributed by atoms with Crippen LogP contribution < -0.4 is 5.73 Å². The number of amides is 1. The van der Waals surface area contributed by atoms with Crippen molar-refractivity contribution in [2.24, 2.45) is 11.7 Å². The van der Waals surface area contributed by atoms with E-state index >= 15 is 0 Å². The lowest BCUT2D eigenvalue weighted by molar-refractivity contribution is -0.154. The average molecular weight is 506 g/mol. The fourth-order valence-electron chi connectivity index (χ4n) is 4.26. The first-order chi connectivity index (χ1) is 17.8. The lowest BCUT2D eigenvalue weighted by Gasteiger charge is -2.25. The Morgan fingerprint density at radius 3 is 2.27 bits per heavy atom. The Labute approximate surface area is 217 Å². The predicted octanol–water partition coefficient (Wildman–Crippen LogP) is 4.10. The Morgan fingerprint density at radius 1 is 0.919 bits per heavy atom. The van der Waals surface area contributed by atoms with Crippen LogP contribution in [0.3, 0.4) is 0 Å². The molecule has 0 fully saturated rings. The van der Waals surface area contributed by atoms with Crippen molar-refractivity contribution in [1.82, 2.24) is 9.78 Å². The molecule has 37 heavy (non-hydrogen) atoms. The average Bonchev–Trinajstić information content (AvgIpc) is 3.33. The molecule has 0 aliphatic carbocycles. The third-order valence-electron chi connectivity index (χ3n) is 6.17. The Bertz CT molecular complexity index is 1140. The van der Waals surface area contributed by atoms with E-state index in [0.29, 0.717) is 12.8 Å². The molecule has 0 aliphatic heterocycles. The summed E-state index contributed by atoms with van der Waals surface area (Å²) in [5.41, 5.74) is 9.88. The summed E-state index contributed by atoms with van der Waals surface area (Å²) in [7, 11) is 0. The minimum atomic E-state index is -0.749. The van der Waals surface area contributed by atoms with Crippen LogP contribution in [0.5, 0.6) is 0 Å². The van der Waals surface area contributed by atoms with Gasteiger partial charge < -0.3 is 15.2 Å². The highest BCUT2D eigenvalue weighted by Gasteiger charge is 2.27. The van der Waals surface area contributed by atoms with E-state index < -0.39 is 23.9 Å². The highest BCUT2D eigenvalue weighted by atomic mass is 16.6. The van der Waals surface area contributed by atoms with E-state index in [1.807, 2.05) is 29.1 Å². The number of nitrogens with two attached hydrogens (primary N) is 1. The minimum absolute atomic E-state index is 0.0438. The summed E-state index contributed by atoms with van der Waals surface area (Å²) in [4.78, 5) is 34.4. The number of aromatic nitrogens is 2. The molecular formula is C29H35N3O5. The number of aryl methyl sites for hydroxylation is 3. The van der Waals surface area contributed by atoms with E-state index in [0.717, 1.165) is 36.1 Å². The predicted molar refractivity (Wildman–Crippen MR) is 140 cm³/mol. The quantitative estimate of drug-likeness (QED) is 0.330. The topological polar surface area (TPSA) is 114 Å². The molecule has 2 N–H and O–H groups in total. The molecule has 0 spiro atoms. The van der Waals surface area contributed by atoms with Crippen LogP contribution in [0.25, 0.3) is 11.1 Å². The van der Waals surface area contributed by atoms with Crippen LogP contribution in [0.4, 0.5) is 0 Å². The maximum Gasteiger partial charge on any atom is 0.302 e. The third-order valence-corrected chi connectivity index (χ3v) is 6.17. The molecule has 1 amide bonds. The zero-order valence-electron chi connectivity index (χ0n) is 21.5. The normalized spacial score (nSPS) is 12.5. The summed E-state index contributed by atoms with van der Waals surface area (Å²) >= 11 is 0. The van der Waals surface area contributed by atoms with Gasteiger partial charge in [-0.15, -0.1) is 0 Å². The summed E-state index contributed by atoms with van der Waals surface area (Å²) in [5, 5.41) is 4.50. The monoisotopic (exact) mass is 505 g/mol. The van der Waals surface area contributed by atoms with Gasteiger partial charge >= 0.3 is 11.9 Å². The Hall–Kier alpha value is -3.94. The van der Waals surface area contributed by atoms with Gasteiger partial charge in [0.25, 0.3) is 0 Å². The van der Waals surface area contributed by atoms with Gasteiger partial charge in [0, 0.05) is 38.1 Å². The standard InChI is InChI=1S/C29H35N3O5/c1-21(33)36-20-26(28(17-29(30)35)37-22(2)34)15-12-24-10-13-25(14-11-24)27-18-31-32(19-27)16-6-9-23-7-4-3-5-8-23/h3-5,7-8,10-11,13-14,18-19,26,28H,6,9,12,15-17,20H2,1-2H3,(H2,30,35). The number of carbonyl (C=O) groups is 3. The van der Waals surface area contributed by atoms with Crippen molar-refractivity contribution in [3.63, 3.8) is 0 Å². The van der Waals surface area contributed by atoms with Gasteiger partial charge in [0.1, 0.15) is 6.10 Å². The molecule has 2 aromatic carbocycles. The summed E-state index contributed by atoms with van der Waals surface area (Å²) in [6, 6.07) is 18.6. The van der Waals surface area contributed by atoms with Crippen LogP contribution in [0.15, 0.2) is 67.0 Å². The molecule has 196 valence electrons. The molecule has 0 saturated heterocycles. The second-order valence-corrected chi connectivity index (χ2v) is 9.20. The lowest BCUT2D eigenvalue weighted by atomic mass is 9.92. The zero-order chi connectivity index (χ0) is 26.6. The summed E-state index contributed by atoms with van der Waals surface area (Å²) in [5.74, 6) is -1.88. The molecule has 0 radical (unpaired) electrons. The summed E-state index contributed by atoms with van der Waals surface area (Å²) < 4.78 is 12.5. The van der Waals surface area contributed by atoms with Gasteiger partial charge in [0.15, 0.2) is 0 Å². The van der Waals surface area contributed by atoms with Gasteiger partial charge in [0.2, 0.25) is 5.91 Å². The number of ether oxygens (including phenoxy) is 2. The smallest absolute Gasteiger partial charge is 0.302 e. The largest absolute Gasteiger partial charge is 0.465 e. The number of primary amides is 1. The van der Waals surface area contributed by atoms with Crippen molar-refractivity contribution < 1.29 is 23.9 Å². The number of nitrogens with zero attached hydrogens (tertiary/aromatic N) is 2. The molecule has 3 aromatic rings. The van der Waals surface area contributed by atoms with E-state index in [1.165, 1.54) is 19.4 Å². The van der Waals surface area contributed by atoms with Crippen molar-refractivity contribution >= 4 is 17.8 Å². The van der Waals surface area contributed by atoms with Crippen molar-refractivity contribution in [3.05, 3.63) is 78.1 Å². The number of benzene rings is 2. The molecule has 3 rings (SSSR count). The van der Waals surface area contributed by atoms with E-state index in [2.05, 4.69) is 47.7 Å². The third kappa shape index (κ3) is 9.56. The first-order valence-corrected chi connectivity index (χ1v) is 12.5. The van der Waals surface area contributed by atoms with E-state index in [9.17, 15) is 14.4 Å². The number of carbonyl (C=O) groups excluding carboxylic acids is 3. The van der Waals surface area contributed by atoms with Crippen LogP contribution in [-0.2, 0) is 43.2 Å². The molecule has 1 aromatic heterocycles. The summed E-state index contributed by atoms with van der Waals surface area (Å²) in [6.07, 6.45) is 6.30. The maximum absolute atomic E-state index is 11.6. The zero-order valence-corrected chi connectivity index (χ0v) is 21.5. The minimum Gasteiger partial charge on any atom is -0.465 e. The Balaban J connectivity index is 1.58. The first-order valence-electron chi connectivity index (χ1n) is 12.5. The fourth-order valence-corrected chi connectivity index (χ4v) is 4.26. The van der Waals surface area contributed by atoms with Gasteiger partial charge in [-0.1, -0.05) is 54.6 Å². The second kappa shape index (κ2) is 14.0. The number of rotatable bonds is 14. The molecule has 1 heterocycles. The fraction of sp³-hybridized carbons (Fsp3) is 0.379. The van der Waals surface area contributed by atoms with Gasteiger partial charge in [0.05, 0.1) is 19.2 Å². The molecule has 2 unspecified atom stereocenters. The highest BCUT2D eigenvalue weighted by Crippen LogP contribution is 2.23. The molecule has 2 atom stereocenters. The van der Waals surface area contributed by atoms with Crippen LogP contribution in [0.1, 0.15) is 44.2 Å². The SMILES string of the molecule is CC(=O)OCC(CCc1ccc(-c2cnn(CCCc3ccccc3)c2)cc1)C(CC(N)=O)OC(C)=O. The van der Waals surface area contributed by atoms with E-state index in [-0.39, 0.29) is 18.9 Å². The van der Waals surface area contributed by atoms with Gasteiger partial charge in [-0.2, -0.15) is 5.10 Å². The highest BCUT2D eigenvalue weighted by molar-refractivity contribution is 5.75. The van der Waals surface area contributed by atoms with Crippen LogP contribution in [0.2, 0.25) is 0 Å². The first kappa shape index (κ1) is 27.6.